The Labute approximate surface area is 123 Å². The maximum absolute atomic E-state index is 10.00. The lowest BCUT2D eigenvalue weighted by molar-refractivity contribution is 0.166. The van der Waals surface area contributed by atoms with Gasteiger partial charge in [0, 0.05) is 12.6 Å². The molecule has 2 aromatic rings. The van der Waals surface area contributed by atoms with E-state index in [-0.39, 0.29) is 0 Å². The Morgan fingerprint density at radius 3 is 2.70 bits per heavy atom. The minimum atomic E-state index is -0.519. The number of aryl methyl sites for hydroxylation is 2. The number of aromatic nitrogens is 2. The van der Waals surface area contributed by atoms with Gasteiger partial charge in [-0.25, -0.2) is 0 Å². The van der Waals surface area contributed by atoms with E-state index in [1.54, 1.807) is 4.68 Å². The molecule has 1 aromatic heterocycles. The van der Waals surface area contributed by atoms with E-state index in [0.717, 1.165) is 17.0 Å². The van der Waals surface area contributed by atoms with Crippen molar-refractivity contribution in [3.63, 3.8) is 0 Å². The Morgan fingerprint density at radius 1 is 1.40 bits per heavy atom. The highest BCUT2D eigenvalue weighted by Gasteiger charge is 2.14. The fraction of sp³-hybridized carbons (Fsp3) is 0.400. The number of aliphatic hydroxyl groups excluding tert-OH is 1. The van der Waals surface area contributed by atoms with Crippen molar-refractivity contribution in [3.05, 3.63) is 46.2 Å². The summed E-state index contributed by atoms with van der Waals surface area (Å²) in [5, 5.41) is 14.9. The van der Waals surface area contributed by atoms with Gasteiger partial charge in [0.1, 0.15) is 12.4 Å². The summed E-state index contributed by atoms with van der Waals surface area (Å²) in [4.78, 5) is 0. The van der Waals surface area contributed by atoms with Crippen LogP contribution in [-0.4, -0.2) is 14.9 Å². The molecule has 0 aliphatic heterocycles. The number of hydrogen-bond donors (Lipinski definition) is 1. The molecule has 1 heterocycles. The summed E-state index contributed by atoms with van der Waals surface area (Å²) in [5.41, 5.74) is 2.41. The van der Waals surface area contributed by atoms with Crippen LogP contribution in [-0.2, 0) is 13.7 Å². The number of para-hydroxylation sites is 1. The van der Waals surface area contributed by atoms with Crippen molar-refractivity contribution in [2.24, 2.45) is 7.05 Å². The van der Waals surface area contributed by atoms with Gasteiger partial charge in [-0.1, -0.05) is 36.7 Å². The normalized spacial score (nSPS) is 12.4. The predicted octanol–water partition coefficient (Wildman–Crippen LogP) is 3.40. The Kier molecular flexibility index (Phi) is 4.68. The molecule has 1 aromatic carbocycles. The lowest BCUT2D eigenvalue weighted by Gasteiger charge is -2.15. The highest BCUT2D eigenvalue weighted by Crippen LogP contribution is 2.28. The van der Waals surface area contributed by atoms with Crippen molar-refractivity contribution in [1.82, 2.24) is 9.78 Å². The number of aliphatic hydroxyl groups is 1. The Balaban J connectivity index is 2.19. The molecular weight excluding hydrogens is 276 g/mol. The third-order valence-electron chi connectivity index (χ3n) is 3.29. The molecule has 4 nitrogen and oxygen atoms in total. The van der Waals surface area contributed by atoms with Crippen LogP contribution in [0.15, 0.2) is 24.3 Å². The lowest BCUT2D eigenvalue weighted by Crippen LogP contribution is -2.06. The van der Waals surface area contributed by atoms with Crippen LogP contribution in [0.2, 0.25) is 5.02 Å². The molecule has 1 atom stereocenters. The van der Waals surface area contributed by atoms with Gasteiger partial charge < -0.3 is 9.84 Å². The average Bonchev–Trinajstić information content (AvgIpc) is 2.70. The number of halogens is 1. The summed E-state index contributed by atoms with van der Waals surface area (Å²) in [6.07, 6.45) is 0.126. The molecule has 0 amide bonds. The topological polar surface area (TPSA) is 47.3 Å². The molecule has 0 spiro atoms. The van der Waals surface area contributed by atoms with E-state index < -0.39 is 6.10 Å². The zero-order valence-electron chi connectivity index (χ0n) is 11.9. The van der Waals surface area contributed by atoms with Crippen LogP contribution < -0.4 is 4.74 Å². The summed E-state index contributed by atoms with van der Waals surface area (Å²) in [7, 11) is 1.84. The molecule has 0 saturated heterocycles. The van der Waals surface area contributed by atoms with E-state index in [1.165, 1.54) is 0 Å². The minimum Gasteiger partial charge on any atom is -0.487 e. The van der Waals surface area contributed by atoms with Gasteiger partial charge in [0.25, 0.3) is 0 Å². The van der Waals surface area contributed by atoms with Crippen LogP contribution >= 0.6 is 11.6 Å². The molecular formula is C15H19ClN2O2. The fourth-order valence-electron chi connectivity index (χ4n) is 2.09. The second-order valence-corrected chi connectivity index (χ2v) is 5.10. The number of hydrogen-bond acceptors (Lipinski definition) is 3. The molecule has 0 bridgehead atoms. The van der Waals surface area contributed by atoms with Crippen molar-refractivity contribution >= 4 is 11.6 Å². The summed E-state index contributed by atoms with van der Waals surface area (Å²) in [6, 6.07) is 7.50. The maximum atomic E-state index is 10.00. The third-order valence-corrected chi connectivity index (χ3v) is 3.78. The summed E-state index contributed by atoms with van der Waals surface area (Å²) < 4.78 is 7.53. The van der Waals surface area contributed by atoms with Gasteiger partial charge in [0.15, 0.2) is 0 Å². The van der Waals surface area contributed by atoms with Gasteiger partial charge in [0.05, 0.1) is 22.5 Å². The largest absolute Gasteiger partial charge is 0.487 e. The number of ether oxygens (including phenoxy) is 1. The Hall–Kier alpha value is -1.52. The van der Waals surface area contributed by atoms with Gasteiger partial charge in [-0.15, -0.1) is 0 Å². The molecule has 0 unspecified atom stereocenters. The Bertz CT molecular complexity index is 596. The van der Waals surface area contributed by atoms with Gasteiger partial charge in [-0.05, 0) is 19.4 Å². The van der Waals surface area contributed by atoms with Crippen molar-refractivity contribution in [2.75, 3.05) is 0 Å². The number of benzene rings is 1. The van der Waals surface area contributed by atoms with Gasteiger partial charge in [-0.3, -0.25) is 4.68 Å². The molecule has 2 rings (SSSR count). The molecule has 0 aliphatic carbocycles. The van der Waals surface area contributed by atoms with Crippen LogP contribution in [0.1, 0.15) is 36.4 Å². The zero-order valence-corrected chi connectivity index (χ0v) is 12.7. The van der Waals surface area contributed by atoms with Crippen LogP contribution in [0.5, 0.6) is 5.75 Å². The lowest BCUT2D eigenvalue weighted by atomic mass is 10.1. The third kappa shape index (κ3) is 2.97. The first kappa shape index (κ1) is 14.9. The van der Waals surface area contributed by atoms with E-state index in [2.05, 4.69) is 5.10 Å². The van der Waals surface area contributed by atoms with Gasteiger partial charge in [-0.2, -0.15) is 5.10 Å². The minimum absolute atomic E-state index is 0.323. The zero-order chi connectivity index (χ0) is 14.7. The van der Waals surface area contributed by atoms with Gasteiger partial charge >= 0.3 is 0 Å². The summed E-state index contributed by atoms with van der Waals surface area (Å²) >= 11 is 6.20. The van der Waals surface area contributed by atoms with Crippen molar-refractivity contribution in [3.8, 4) is 5.75 Å². The van der Waals surface area contributed by atoms with Crippen molar-refractivity contribution in [2.45, 2.75) is 33.0 Å². The first-order chi connectivity index (χ1) is 9.54. The van der Waals surface area contributed by atoms with E-state index in [0.29, 0.717) is 23.8 Å². The molecule has 0 aliphatic rings. The first-order valence-corrected chi connectivity index (χ1v) is 7.00. The molecule has 20 heavy (non-hydrogen) atoms. The fourth-order valence-corrected chi connectivity index (χ4v) is 2.30. The number of nitrogens with zero attached hydrogens (tertiary/aromatic N) is 2. The average molecular weight is 295 g/mol. The van der Waals surface area contributed by atoms with Crippen LogP contribution in [0.4, 0.5) is 0 Å². The van der Waals surface area contributed by atoms with E-state index >= 15 is 0 Å². The SMILES string of the molecule is CC[C@H](O)c1ccccc1OCc1c(Cl)c(C)nn1C. The monoisotopic (exact) mass is 294 g/mol. The van der Waals surface area contributed by atoms with Crippen molar-refractivity contribution in [1.29, 1.82) is 0 Å². The second-order valence-electron chi connectivity index (χ2n) is 4.72. The smallest absolute Gasteiger partial charge is 0.131 e. The molecule has 0 radical (unpaired) electrons. The highest BCUT2D eigenvalue weighted by molar-refractivity contribution is 6.31. The molecule has 0 fully saturated rings. The van der Waals surface area contributed by atoms with Crippen molar-refractivity contribution < 1.29 is 9.84 Å². The number of rotatable bonds is 5. The molecule has 108 valence electrons. The molecule has 5 heteroatoms. The second kappa shape index (κ2) is 6.29. The summed E-state index contributed by atoms with van der Waals surface area (Å²) in [5.74, 6) is 0.678. The highest BCUT2D eigenvalue weighted by atomic mass is 35.5. The van der Waals surface area contributed by atoms with E-state index in [9.17, 15) is 5.11 Å². The first-order valence-electron chi connectivity index (χ1n) is 6.62. The quantitative estimate of drug-likeness (QED) is 0.919. The van der Waals surface area contributed by atoms with Crippen LogP contribution in [0, 0.1) is 6.92 Å². The van der Waals surface area contributed by atoms with Crippen LogP contribution in [0.3, 0.4) is 0 Å². The van der Waals surface area contributed by atoms with E-state index in [4.69, 9.17) is 16.3 Å². The standard InChI is InChI=1S/C15H19ClN2O2/c1-4-13(19)11-7-5-6-8-14(11)20-9-12-15(16)10(2)17-18(12)3/h5-8,13,19H,4,9H2,1-3H3/t13-/m0/s1. The molecule has 1 N–H and O–H groups in total. The maximum Gasteiger partial charge on any atom is 0.131 e. The van der Waals surface area contributed by atoms with E-state index in [1.807, 2.05) is 45.2 Å². The predicted molar refractivity (Wildman–Crippen MR) is 79.0 cm³/mol. The van der Waals surface area contributed by atoms with Crippen LogP contribution in [0.25, 0.3) is 0 Å². The summed E-state index contributed by atoms with van der Waals surface area (Å²) in [6.45, 7) is 4.12. The Morgan fingerprint density at radius 2 is 2.10 bits per heavy atom. The molecule has 0 saturated carbocycles. The van der Waals surface area contributed by atoms with Gasteiger partial charge in [0.2, 0.25) is 0 Å².